The van der Waals surface area contributed by atoms with Crippen molar-refractivity contribution in [3.63, 3.8) is 0 Å². The summed E-state index contributed by atoms with van der Waals surface area (Å²) in [5.74, 6) is 0.626. The van der Waals surface area contributed by atoms with Gasteiger partial charge in [0, 0.05) is 31.4 Å². The van der Waals surface area contributed by atoms with Crippen molar-refractivity contribution < 1.29 is 13.2 Å². The van der Waals surface area contributed by atoms with Crippen LogP contribution >= 0.6 is 11.6 Å². The van der Waals surface area contributed by atoms with E-state index in [1.165, 1.54) is 4.90 Å². The van der Waals surface area contributed by atoms with E-state index in [9.17, 15) is 13.2 Å². The van der Waals surface area contributed by atoms with Gasteiger partial charge in [-0.25, -0.2) is 9.97 Å². The van der Waals surface area contributed by atoms with Crippen LogP contribution in [0.3, 0.4) is 0 Å². The van der Waals surface area contributed by atoms with Crippen molar-refractivity contribution in [1.82, 2.24) is 19.3 Å². The zero-order valence-corrected chi connectivity index (χ0v) is 15.2. The van der Waals surface area contributed by atoms with Crippen LogP contribution in [0, 0.1) is 0 Å². The van der Waals surface area contributed by atoms with Gasteiger partial charge in [-0.15, -0.1) is 0 Å². The van der Waals surface area contributed by atoms with Crippen LogP contribution in [0.5, 0.6) is 0 Å². The molecule has 1 aliphatic rings. The highest BCUT2D eigenvalue weighted by atomic mass is 35.5. The van der Waals surface area contributed by atoms with Crippen LogP contribution < -0.4 is 0 Å². The number of halogens is 4. The molecule has 1 fully saturated rings. The molecule has 1 saturated heterocycles. The number of fused-ring (bicyclic) bond motifs is 1. The second-order valence-electron chi connectivity index (χ2n) is 6.84. The van der Waals surface area contributed by atoms with Crippen LogP contribution in [0.2, 0.25) is 5.15 Å². The molecule has 142 valence electrons. The molecule has 0 N–H and O–H groups in total. The second-order valence-corrected chi connectivity index (χ2v) is 7.19. The van der Waals surface area contributed by atoms with Gasteiger partial charge in [0.2, 0.25) is 0 Å². The molecule has 1 aromatic carbocycles. The lowest BCUT2D eigenvalue weighted by molar-refractivity contribution is -0.194. The Morgan fingerprint density at radius 2 is 1.89 bits per heavy atom. The highest BCUT2D eigenvalue weighted by Crippen LogP contribution is 2.38. The Morgan fingerprint density at radius 3 is 2.63 bits per heavy atom. The lowest BCUT2D eigenvalue weighted by atomic mass is 9.91. The summed E-state index contributed by atoms with van der Waals surface area (Å²) in [5, 5.41) is 0.335. The molecule has 0 saturated carbocycles. The number of aromatic nitrogens is 3. The minimum absolute atomic E-state index is 0.0503. The summed E-state index contributed by atoms with van der Waals surface area (Å²) < 4.78 is 42.6. The molecule has 4 rings (SSSR count). The Labute approximate surface area is 159 Å². The van der Waals surface area contributed by atoms with E-state index in [4.69, 9.17) is 11.6 Å². The number of rotatable bonds is 3. The average Bonchev–Trinajstić information content (AvgIpc) is 3.07. The number of likely N-dealkylation sites (tertiary alicyclic amines) is 1. The summed E-state index contributed by atoms with van der Waals surface area (Å²) in [6, 6.07) is 7.82. The van der Waals surface area contributed by atoms with Crippen LogP contribution in [0.15, 0.2) is 48.9 Å². The third-order valence-electron chi connectivity index (χ3n) is 5.10. The van der Waals surface area contributed by atoms with Gasteiger partial charge in [0.25, 0.3) is 0 Å². The molecule has 3 aromatic rings. The summed E-state index contributed by atoms with van der Waals surface area (Å²) >= 11 is 6.10. The van der Waals surface area contributed by atoms with Crippen LogP contribution in [0.1, 0.15) is 30.1 Å². The van der Waals surface area contributed by atoms with E-state index in [2.05, 4.69) is 9.97 Å². The summed E-state index contributed by atoms with van der Waals surface area (Å²) in [5.41, 5.74) is 1.54. The number of hydrogen-bond acceptors (Lipinski definition) is 3. The molecule has 0 radical (unpaired) electrons. The zero-order valence-electron chi connectivity index (χ0n) is 14.4. The van der Waals surface area contributed by atoms with Gasteiger partial charge >= 0.3 is 6.18 Å². The van der Waals surface area contributed by atoms with E-state index in [1.54, 1.807) is 18.6 Å². The monoisotopic (exact) mass is 394 g/mol. The molecule has 0 amide bonds. The fraction of sp³-hybridized carbons (Fsp3) is 0.368. The van der Waals surface area contributed by atoms with Crippen molar-refractivity contribution in [1.29, 1.82) is 0 Å². The molecule has 0 aliphatic carbocycles. The third-order valence-corrected chi connectivity index (χ3v) is 5.39. The maximum Gasteiger partial charge on any atom is 0.404 e. The number of imidazole rings is 1. The van der Waals surface area contributed by atoms with E-state index in [-0.39, 0.29) is 25.4 Å². The minimum atomic E-state index is -4.25. The molecule has 1 aliphatic heterocycles. The molecular formula is C19H18ClF3N4. The Morgan fingerprint density at radius 1 is 1.11 bits per heavy atom. The Hall–Kier alpha value is -2.12. The highest BCUT2D eigenvalue weighted by molar-refractivity contribution is 6.32. The predicted octanol–water partition coefficient (Wildman–Crippen LogP) is 4.69. The molecule has 8 heteroatoms. The van der Waals surface area contributed by atoms with Gasteiger partial charge in [0.05, 0.1) is 6.20 Å². The second kappa shape index (κ2) is 7.13. The smallest absolute Gasteiger partial charge is 0.299 e. The Bertz CT molecular complexity index is 926. The summed E-state index contributed by atoms with van der Waals surface area (Å²) in [6.45, 7) is 0.547. The number of benzene rings is 1. The van der Waals surface area contributed by atoms with Crippen molar-refractivity contribution in [2.75, 3.05) is 6.54 Å². The summed E-state index contributed by atoms with van der Waals surface area (Å²) in [6.07, 6.45) is 1.18. The first-order valence-corrected chi connectivity index (χ1v) is 9.13. The Balaban J connectivity index is 1.63. The zero-order chi connectivity index (χ0) is 19.0. The van der Waals surface area contributed by atoms with E-state index < -0.39 is 12.2 Å². The number of alkyl halides is 3. The number of nitrogens with zero attached hydrogens (tertiary/aromatic N) is 4. The SMILES string of the molecule is FC(F)(F)C1CCC(c2ncc3c(Cl)nccn23)CN1Cc1ccccc1. The maximum atomic E-state index is 13.6. The van der Waals surface area contributed by atoms with Crippen LogP contribution in [0.4, 0.5) is 13.2 Å². The van der Waals surface area contributed by atoms with E-state index in [0.29, 0.717) is 17.1 Å². The quantitative estimate of drug-likeness (QED) is 0.646. The standard InChI is InChI=1S/C19H18ClF3N4/c20-17-15-10-25-18(27(15)9-8-24-17)14-6-7-16(19(21,22)23)26(12-14)11-13-4-2-1-3-5-13/h1-5,8-10,14,16H,6-7,11-12H2. The predicted molar refractivity (Wildman–Crippen MR) is 96.7 cm³/mol. The number of piperidine rings is 1. The topological polar surface area (TPSA) is 33.4 Å². The third kappa shape index (κ3) is 3.66. The van der Waals surface area contributed by atoms with Gasteiger partial charge in [-0.05, 0) is 18.4 Å². The normalized spacial score (nSPS) is 21.6. The minimum Gasteiger partial charge on any atom is -0.299 e. The molecule has 2 atom stereocenters. The molecule has 4 nitrogen and oxygen atoms in total. The first-order chi connectivity index (χ1) is 12.9. The van der Waals surface area contributed by atoms with E-state index >= 15 is 0 Å². The van der Waals surface area contributed by atoms with Gasteiger partial charge < -0.3 is 0 Å². The molecule has 2 aromatic heterocycles. The fourth-order valence-corrected chi connectivity index (χ4v) is 4.03. The average molecular weight is 395 g/mol. The number of hydrogen-bond donors (Lipinski definition) is 0. The lowest BCUT2D eigenvalue weighted by Gasteiger charge is -2.40. The van der Waals surface area contributed by atoms with Crippen molar-refractivity contribution in [3.05, 3.63) is 65.5 Å². The van der Waals surface area contributed by atoms with Crippen molar-refractivity contribution in [3.8, 4) is 0 Å². The molecule has 0 spiro atoms. The Kier molecular flexibility index (Phi) is 4.82. The van der Waals surface area contributed by atoms with Crippen molar-refractivity contribution in [2.24, 2.45) is 0 Å². The summed E-state index contributed by atoms with van der Waals surface area (Å²) in [4.78, 5) is 9.99. The van der Waals surface area contributed by atoms with E-state index in [1.807, 2.05) is 34.7 Å². The molecule has 27 heavy (non-hydrogen) atoms. The fourth-order valence-electron chi connectivity index (χ4n) is 3.84. The first-order valence-electron chi connectivity index (χ1n) is 8.75. The molecule has 0 bridgehead atoms. The van der Waals surface area contributed by atoms with Gasteiger partial charge in [0.1, 0.15) is 17.4 Å². The van der Waals surface area contributed by atoms with Crippen LogP contribution in [0.25, 0.3) is 5.52 Å². The van der Waals surface area contributed by atoms with Crippen LogP contribution in [-0.4, -0.2) is 38.0 Å². The van der Waals surface area contributed by atoms with E-state index in [0.717, 1.165) is 11.4 Å². The van der Waals surface area contributed by atoms with Gasteiger partial charge in [0.15, 0.2) is 5.15 Å². The van der Waals surface area contributed by atoms with Gasteiger partial charge in [-0.2, -0.15) is 13.2 Å². The first kappa shape index (κ1) is 18.3. The highest BCUT2D eigenvalue weighted by Gasteiger charge is 2.46. The van der Waals surface area contributed by atoms with Gasteiger partial charge in [-0.3, -0.25) is 9.30 Å². The molecule has 2 unspecified atom stereocenters. The maximum absolute atomic E-state index is 13.6. The largest absolute Gasteiger partial charge is 0.404 e. The van der Waals surface area contributed by atoms with Gasteiger partial charge in [-0.1, -0.05) is 41.9 Å². The summed E-state index contributed by atoms with van der Waals surface area (Å²) in [7, 11) is 0. The van der Waals surface area contributed by atoms with Crippen LogP contribution in [-0.2, 0) is 6.54 Å². The van der Waals surface area contributed by atoms with Crippen molar-refractivity contribution in [2.45, 2.75) is 37.5 Å². The van der Waals surface area contributed by atoms with Crippen molar-refractivity contribution >= 4 is 17.1 Å². The lowest BCUT2D eigenvalue weighted by Crippen LogP contribution is -2.50. The molecular weight excluding hydrogens is 377 g/mol. The molecule has 3 heterocycles.